The minimum atomic E-state index is -0.640. The van der Waals surface area contributed by atoms with E-state index in [1.54, 1.807) is 0 Å². The number of methoxy groups -OCH3 is 1. The Morgan fingerprint density at radius 2 is 2.13 bits per heavy atom. The summed E-state index contributed by atoms with van der Waals surface area (Å²) < 4.78 is 4.65. The first-order valence-corrected chi connectivity index (χ1v) is 5.35. The molecule has 0 aromatic heterocycles. The van der Waals surface area contributed by atoms with Gasteiger partial charge in [-0.2, -0.15) is 0 Å². The highest BCUT2D eigenvalue weighted by Crippen LogP contribution is 2.48. The summed E-state index contributed by atoms with van der Waals surface area (Å²) >= 11 is 0. The lowest BCUT2D eigenvalue weighted by molar-refractivity contribution is -0.154. The van der Waals surface area contributed by atoms with Crippen molar-refractivity contribution in [1.82, 2.24) is 0 Å². The van der Waals surface area contributed by atoms with Gasteiger partial charge in [0.1, 0.15) is 11.7 Å². The normalized spacial score (nSPS) is 44.2. The lowest BCUT2D eigenvalue weighted by Crippen LogP contribution is -2.39. The topological polar surface area (TPSA) is 63.6 Å². The number of ether oxygens (including phenoxy) is 1. The number of rotatable bonds is 1. The van der Waals surface area contributed by atoms with E-state index in [4.69, 9.17) is 0 Å². The number of fused-ring (bicyclic) bond motifs is 2. The third kappa shape index (κ3) is 1.47. The van der Waals surface area contributed by atoms with Crippen LogP contribution < -0.4 is 0 Å². The molecule has 2 aliphatic rings. The van der Waals surface area contributed by atoms with Crippen molar-refractivity contribution in [2.24, 2.45) is 23.7 Å². The number of hydrogen-bond donors (Lipinski definition) is 1. The Morgan fingerprint density at radius 1 is 1.47 bits per heavy atom. The van der Waals surface area contributed by atoms with Gasteiger partial charge >= 0.3 is 5.97 Å². The number of carbonyl (C=O) groups is 2. The number of esters is 1. The van der Waals surface area contributed by atoms with Crippen molar-refractivity contribution < 1.29 is 19.4 Å². The fraction of sp³-hybridized carbons (Fsp3) is 0.818. The summed E-state index contributed by atoms with van der Waals surface area (Å²) in [5, 5.41) is 9.76. The Hall–Kier alpha value is -0.900. The van der Waals surface area contributed by atoms with E-state index in [1.165, 1.54) is 7.11 Å². The first-order valence-electron chi connectivity index (χ1n) is 5.35. The second kappa shape index (κ2) is 3.59. The summed E-state index contributed by atoms with van der Waals surface area (Å²) in [6.45, 7) is 2.01. The molecule has 2 rings (SSSR count). The summed E-state index contributed by atoms with van der Waals surface area (Å²) in [6, 6.07) is 0. The van der Waals surface area contributed by atoms with Gasteiger partial charge < -0.3 is 9.84 Å². The predicted octanol–water partition coefficient (Wildman–Crippen LogP) is 0.381. The van der Waals surface area contributed by atoms with Crippen LogP contribution >= 0.6 is 0 Å². The number of hydrogen-bond acceptors (Lipinski definition) is 4. The molecule has 0 radical (unpaired) electrons. The largest absolute Gasteiger partial charge is 0.468 e. The maximum Gasteiger partial charge on any atom is 0.316 e. The molecule has 1 unspecified atom stereocenters. The zero-order valence-electron chi connectivity index (χ0n) is 8.97. The Bertz CT molecular complexity index is 299. The molecule has 1 N–H and O–H groups in total. The van der Waals surface area contributed by atoms with Gasteiger partial charge in [-0.1, -0.05) is 6.92 Å². The molecule has 2 aliphatic carbocycles. The van der Waals surface area contributed by atoms with Crippen LogP contribution in [0.4, 0.5) is 0 Å². The summed E-state index contributed by atoms with van der Waals surface area (Å²) in [5.74, 6) is -0.891. The highest BCUT2D eigenvalue weighted by molar-refractivity contribution is 6.00. The lowest BCUT2D eigenvalue weighted by atomic mass is 9.72. The van der Waals surface area contributed by atoms with Gasteiger partial charge in [0.05, 0.1) is 13.2 Å². The number of Topliss-reactive ketones (excluding diaryl/α,β-unsaturated/α-hetero) is 1. The number of aliphatic hydroxyl groups excluding tert-OH is 1. The molecule has 0 saturated heterocycles. The molecule has 0 aliphatic heterocycles. The van der Waals surface area contributed by atoms with Crippen LogP contribution in [0.3, 0.4) is 0 Å². The maximum atomic E-state index is 11.7. The van der Waals surface area contributed by atoms with Crippen molar-refractivity contribution in [2.75, 3.05) is 7.11 Å². The van der Waals surface area contributed by atoms with Crippen LogP contribution in [0, 0.1) is 23.7 Å². The van der Waals surface area contributed by atoms with E-state index in [2.05, 4.69) is 4.74 Å². The molecule has 2 bridgehead atoms. The molecule has 5 atom stereocenters. The zero-order valence-corrected chi connectivity index (χ0v) is 8.97. The van der Waals surface area contributed by atoms with E-state index in [1.807, 2.05) is 6.92 Å². The zero-order chi connectivity index (χ0) is 11.2. The summed E-state index contributed by atoms with van der Waals surface area (Å²) in [6.07, 6.45) is 0.444. The van der Waals surface area contributed by atoms with Gasteiger partial charge in [-0.15, -0.1) is 0 Å². The van der Waals surface area contributed by atoms with Crippen LogP contribution in [0.5, 0.6) is 0 Å². The summed E-state index contributed by atoms with van der Waals surface area (Å²) in [7, 11) is 1.30. The average molecular weight is 212 g/mol. The molecular formula is C11H16O4. The van der Waals surface area contributed by atoms with Crippen molar-refractivity contribution in [1.29, 1.82) is 0 Å². The van der Waals surface area contributed by atoms with E-state index in [-0.39, 0.29) is 23.5 Å². The van der Waals surface area contributed by atoms with E-state index in [0.29, 0.717) is 12.8 Å². The Morgan fingerprint density at radius 3 is 2.73 bits per heavy atom. The van der Waals surface area contributed by atoms with E-state index in [9.17, 15) is 14.7 Å². The molecule has 0 aromatic rings. The third-order valence-corrected chi connectivity index (χ3v) is 4.03. The fourth-order valence-corrected chi connectivity index (χ4v) is 3.13. The molecule has 2 saturated carbocycles. The van der Waals surface area contributed by atoms with E-state index in [0.717, 1.165) is 0 Å². The lowest BCUT2D eigenvalue weighted by Gasteiger charge is -2.31. The Labute approximate surface area is 88.6 Å². The molecule has 0 aromatic carbocycles. The number of aliphatic hydroxyl groups is 1. The van der Waals surface area contributed by atoms with Gasteiger partial charge in [0.25, 0.3) is 0 Å². The predicted molar refractivity (Wildman–Crippen MR) is 51.9 cm³/mol. The molecular weight excluding hydrogens is 196 g/mol. The van der Waals surface area contributed by atoms with Gasteiger partial charge in [-0.05, 0) is 24.2 Å². The Kier molecular flexibility index (Phi) is 2.54. The van der Waals surface area contributed by atoms with E-state index >= 15 is 0 Å². The van der Waals surface area contributed by atoms with Crippen molar-refractivity contribution >= 4 is 11.8 Å². The molecule has 15 heavy (non-hydrogen) atoms. The SMILES string of the molecule is COC(=O)[C@H]1C(=O)C[C@H]2C(C)[C@@H]1C[C@@H]2O. The summed E-state index contributed by atoms with van der Waals surface area (Å²) in [4.78, 5) is 23.2. The van der Waals surface area contributed by atoms with Crippen LogP contribution in [0.1, 0.15) is 19.8 Å². The van der Waals surface area contributed by atoms with Crippen LogP contribution in [0.2, 0.25) is 0 Å². The number of carbonyl (C=O) groups excluding carboxylic acids is 2. The van der Waals surface area contributed by atoms with Crippen molar-refractivity contribution in [2.45, 2.75) is 25.9 Å². The molecule has 4 nitrogen and oxygen atoms in total. The van der Waals surface area contributed by atoms with Gasteiger partial charge in [0, 0.05) is 6.42 Å². The maximum absolute atomic E-state index is 11.7. The van der Waals surface area contributed by atoms with Crippen molar-refractivity contribution in [3.63, 3.8) is 0 Å². The van der Waals surface area contributed by atoms with Crippen molar-refractivity contribution in [3.05, 3.63) is 0 Å². The first-order chi connectivity index (χ1) is 7.06. The molecule has 0 amide bonds. The highest BCUT2D eigenvalue weighted by Gasteiger charge is 2.53. The molecule has 84 valence electrons. The highest BCUT2D eigenvalue weighted by atomic mass is 16.5. The number of ketones is 1. The van der Waals surface area contributed by atoms with Gasteiger partial charge in [0.2, 0.25) is 0 Å². The monoisotopic (exact) mass is 212 g/mol. The van der Waals surface area contributed by atoms with Crippen LogP contribution in [0.25, 0.3) is 0 Å². The van der Waals surface area contributed by atoms with Crippen LogP contribution in [-0.2, 0) is 14.3 Å². The van der Waals surface area contributed by atoms with Crippen LogP contribution in [-0.4, -0.2) is 30.1 Å². The standard InChI is InChI=1S/C11H16O4/c1-5-6-3-9(13)10(11(14)15-2)7(5)4-8(6)12/h5-8,10,12H,3-4H2,1-2H3/t5?,6-,7-,8-,10+/m0/s1. The fourth-order valence-electron chi connectivity index (χ4n) is 3.13. The van der Waals surface area contributed by atoms with Gasteiger partial charge in [-0.3, -0.25) is 9.59 Å². The molecule has 0 heterocycles. The minimum absolute atomic E-state index is 0.0290. The molecule has 0 spiro atoms. The second-order valence-corrected chi connectivity index (χ2v) is 4.66. The van der Waals surface area contributed by atoms with Crippen LogP contribution in [0.15, 0.2) is 0 Å². The van der Waals surface area contributed by atoms with E-state index < -0.39 is 18.0 Å². The average Bonchev–Trinajstić information content (AvgIpc) is 2.39. The minimum Gasteiger partial charge on any atom is -0.468 e. The smallest absolute Gasteiger partial charge is 0.316 e. The Balaban J connectivity index is 2.26. The summed E-state index contributed by atoms with van der Waals surface area (Å²) in [5.41, 5.74) is 0. The molecule has 2 fully saturated rings. The third-order valence-electron chi connectivity index (χ3n) is 4.03. The quantitative estimate of drug-likeness (QED) is 0.504. The second-order valence-electron chi connectivity index (χ2n) is 4.66. The van der Waals surface area contributed by atoms with Crippen molar-refractivity contribution in [3.8, 4) is 0 Å². The molecule has 4 heteroatoms. The van der Waals surface area contributed by atoms with Gasteiger partial charge in [-0.25, -0.2) is 0 Å². The van der Waals surface area contributed by atoms with Gasteiger partial charge in [0.15, 0.2) is 0 Å². The first kappa shape index (κ1) is 10.6.